The third-order valence-electron chi connectivity index (χ3n) is 5.05. The van der Waals surface area contributed by atoms with Crippen LogP contribution in [-0.2, 0) is 16.1 Å². The molecule has 2 fully saturated rings. The van der Waals surface area contributed by atoms with Crippen LogP contribution in [0, 0.1) is 6.92 Å². The SMILES string of the molecule is CCN(Cc1noc(C)n1)[C@@H]1CCCN(C(=O)[C@H]2CCCO2)CC1. The molecule has 2 atom stereocenters. The van der Waals surface area contributed by atoms with E-state index in [9.17, 15) is 4.79 Å². The van der Waals surface area contributed by atoms with Crippen molar-refractivity contribution in [2.75, 3.05) is 26.2 Å². The molecular formula is C17H28N4O3. The molecule has 1 aromatic rings. The van der Waals surface area contributed by atoms with Crippen molar-refractivity contribution in [3.05, 3.63) is 11.7 Å². The Balaban J connectivity index is 1.56. The summed E-state index contributed by atoms with van der Waals surface area (Å²) in [7, 11) is 0. The van der Waals surface area contributed by atoms with Gasteiger partial charge in [0.1, 0.15) is 6.10 Å². The molecule has 7 nitrogen and oxygen atoms in total. The summed E-state index contributed by atoms with van der Waals surface area (Å²) in [6.45, 7) is 8.00. The predicted molar refractivity (Wildman–Crippen MR) is 88.3 cm³/mol. The zero-order valence-corrected chi connectivity index (χ0v) is 14.7. The number of carbonyl (C=O) groups is 1. The number of likely N-dealkylation sites (tertiary alicyclic amines) is 1. The molecule has 0 N–H and O–H groups in total. The molecule has 0 unspecified atom stereocenters. The Morgan fingerprint density at radius 3 is 2.83 bits per heavy atom. The largest absolute Gasteiger partial charge is 0.368 e. The van der Waals surface area contributed by atoms with Gasteiger partial charge in [-0.1, -0.05) is 12.1 Å². The summed E-state index contributed by atoms with van der Waals surface area (Å²) in [6, 6.07) is 0.455. The highest BCUT2D eigenvalue weighted by molar-refractivity contribution is 5.81. The van der Waals surface area contributed by atoms with E-state index in [-0.39, 0.29) is 12.0 Å². The lowest BCUT2D eigenvalue weighted by Gasteiger charge is -2.29. The van der Waals surface area contributed by atoms with Crippen LogP contribution < -0.4 is 0 Å². The molecule has 1 amide bonds. The Hall–Kier alpha value is -1.47. The van der Waals surface area contributed by atoms with Gasteiger partial charge in [-0.3, -0.25) is 9.69 Å². The Labute approximate surface area is 143 Å². The van der Waals surface area contributed by atoms with Gasteiger partial charge in [-0.15, -0.1) is 0 Å². The van der Waals surface area contributed by atoms with Gasteiger partial charge in [0.2, 0.25) is 5.89 Å². The minimum absolute atomic E-state index is 0.185. The summed E-state index contributed by atoms with van der Waals surface area (Å²) in [5, 5.41) is 4.01. The van der Waals surface area contributed by atoms with E-state index < -0.39 is 0 Å². The van der Waals surface area contributed by atoms with Gasteiger partial charge in [-0.25, -0.2) is 0 Å². The highest BCUT2D eigenvalue weighted by Crippen LogP contribution is 2.21. The maximum absolute atomic E-state index is 12.5. The Bertz CT molecular complexity index is 542. The van der Waals surface area contributed by atoms with Crippen LogP contribution in [0.1, 0.15) is 50.7 Å². The zero-order valence-electron chi connectivity index (χ0n) is 14.7. The van der Waals surface area contributed by atoms with E-state index in [2.05, 4.69) is 22.0 Å². The van der Waals surface area contributed by atoms with Crippen molar-refractivity contribution in [3.63, 3.8) is 0 Å². The topological polar surface area (TPSA) is 71.7 Å². The first-order valence-electron chi connectivity index (χ1n) is 9.11. The first kappa shape index (κ1) is 17.4. The average molecular weight is 336 g/mol. The van der Waals surface area contributed by atoms with Crippen LogP contribution in [0.5, 0.6) is 0 Å². The second-order valence-corrected chi connectivity index (χ2v) is 6.70. The lowest BCUT2D eigenvalue weighted by Crippen LogP contribution is -2.40. The average Bonchev–Trinajstić information content (AvgIpc) is 3.19. The number of carbonyl (C=O) groups excluding carboxylic acids is 1. The highest BCUT2D eigenvalue weighted by Gasteiger charge is 2.30. The van der Waals surface area contributed by atoms with E-state index in [0.29, 0.717) is 18.5 Å². The fraction of sp³-hybridized carbons (Fsp3) is 0.824. The number of amides is 1. The van der Waals surface area contributed by atoms with Crippen LogP contribution in [0.15, 0.2) is 4.52 Å². The maximum Gasteiger partial charge on any atom is 0.251 e. The van der Waals surface area contributed by atoms with Crippen molar-refractivity contribution in [3.8, 4) is 0 Å². The van der Waals surface area contributed by atoms with Crippen LogP contribution in [0.25, 0.3) is 0 Å². The van der Waals surface area contributed by atoms with Crippen LogP contribution >= 0.6 is 0 Å². The predicted octanol–water partition coefficient (Wildman–Crippen LogP) is 1.76. The highest BCUT2D eigenvalue weighted by atomic mass is 16.5. The molecule has 7 heteroatoms. The molecule has 2 aliphatic rings. The minimum atomic E-state index is -0.203. The quantitative estimate of drug-likeness (QED) is 0.816. The molecule has 0 aliphatic carbocycles. The standard InChI is InChI=1S/C17H28N4O3/c1-3-20(12-16-18-13(2)24-19-16)14-6-4-9-21(10-8-14)17(22)15-7-5-11-23-15/h14-15H,3-12H2,1-2H3/t14-,15-/m1/s1. The van der Waals surface area contributed by atoms with E-state index in [1.54, 1.807) is 0 Å². The third-order valence-corrected chi connectivity index (χ3v) is 5.05. The molecule has 1 aromatic heterocycles. The van der Waals surface area contributed by atoms with Gasteiger partial charge in [-0.05, 0) is 38.6 Å². The molecule has 0 spiro atoms. The summed E-state index contributed by atoms with van der Waals surface area (Å²) in [5.41, 5.74) is 0. The van der Waals surface area contributed by atoms with Crippen LogP contribution in [0.3, 0.4) is 0 Å². The van der Waals surface area contributed by atoms with Crippen LogP contribution in [-0.4, -0.2) is 64.2 Å². The van der Waals surface area contributed by atoms with Gasteiger partial charge in [-0.2, -0.15) is 4.98 Å². The summed E-state index contributed by atoms with van der Waals surface area (Å²) >= 11 is 0. The Morgan fingerprint density at radius 2 is 2.17 bits per heavy atom. The van der Waals surface area contributed by atoms with Crippen LogP contribution in [0.2, 0.25) is 0 Å². The van der Waals surface area contributed by atoms with Crippen molar-refractivity contribution < 1.29 is 14.1 Å². The fourth-order valence-electron chi connectivity index (χ4n) is 3.73. The third kappa shape index (κ3) is 4.13. The van der Waals surface area contributed by atoms with Gasteiger partial charge in [0.15, 0.2) is 5.82 Å². The number of aromatic nitrogens is 2. The van der Waals surface area contributed by atoms with Gasteiger partial charge in [0.25, 0.3) is 5.91 Å². The summed E-state index contributed by atoms with van der Waals surface area (Å²) < 4.78 is 10.6. The van der Waals surface area contributed by atoms with Crippen molar-refractivity contribution >= 4 is 5.91 Å². The van der Waals surface area contributed by atoms with Crippen molar-refractivity contribution in [2.24, 2.45) is 0 Å². The smallest absolute Gasteiger partial charge is 0.251 e. The number of hydrogen-bond donors (Lipinski definition) is 0. The molecule has 134 valence electrons. The van der Waals surface area contributed by atoms with E-state index in [1.165, 1.54) is 0 Å². The lowest BCUT2D eigenvalue weighted by molar-refractivity contribution is -0.140. The van der Waals surface area contributed by atoms with Crippen LogP contribution in [0.4, 0.5) is 0 Å². The summed E-state index contributed by atoms with van der Waals surface area (Å²) in [5.74, 6) is 1.53. The van der Waals surface area contributed by atoms with Crippen molar-refractivity contribution in [1.29, 1.82) is 0 Å². The fourth-order valence-corrected chi connectivity index (χ4v) is 3.73. The molecule has 3 heterocycles. The monoisotopic (exact) mass is 336 g/mol. The van der Waals surface area contributed by atoms with Gasteiger partial charge < -0.3 is 14.2 Å². The molecule has 24 heavy (non-hydrogen) atoms. The second-order valence-electron chi connectivity index (χ2n) is 6.70. The number of ether oxygens (including phenoxy) is 1. The molecule has 0 saturated carbocycles. The number of hydrogen-bond acceptors (Lipinski definition) is 6. The minimum Gasteiger partial charge on any atom is -0.368 e. The first-order valence-corrected chi connectivity index (χ1v) is 9.11. The maximum atomic E-state index is 12.5. The summed E-state index contributed by atoms with van der Waals surface area (Å²) in [6.07, 6.45) is 4.79. The van der Waals surface area contributed by atoms with E-state index in [0.717, 1.165) is 64.2 Å². The molecule has 2 saturated heterocycles. The van der Waals surface area contributed by atoms with Gasteiger partial charge in [0, 0.05) is 32.7 Å². The molecule has 3 rings (SSSR count). The van der Waals surface area contributed by atoms with E-state index >= 15 is 0 Å². The molecule has 0 aromatic carbocycles. The van der Waals surface area contributed by atoms with E-state index in [4.69, 9.17) is 9.26 Å². The van der Waals surface area contributed by atoms with E-state index in [1.807, 2.05) is 11.8 Å². The summed E-state index contributed by atoms with van der Waals surface area (Å²) in [4.78, 5) is 21.3. The normalized spacial score (nSPS) is 25.2. The Morgan fingerprint density at radius 1 is 1.29 bits per heavy atom. The lowest BCUT2D eigenvalue weighted by atomic mass is 10.1. The Kier molecular flexibility index (Phi) is 5.84. The zero-order chi connectivity index (χ0) is 16.9. The molecule has 0 radical (unpaired) electrons. The second kappa shape index (κ2) is 8.07. The van der Waals surface area contributed by atoms with Crippen molar-refractivity contribution in [1.82, 2.24) is 19.9 Å². The molecular weight excluding hydrogens is 308 g/mol. The molecule has 2 aliphatic heterocycles. The van der Waals surface area contributed by atoms with Gasteiger partial charge in [0.05, 0.1) is 6.54 Å². The number of nitrogens with zero attached hydrogens (tertiary/aromatic N) is 4. The first-order chi connectivity index (χ1) is 11.7. The number of rotatable bonds is 5. The molecule has 0 bridgehead atoms. The van der Waals surface area contributed by atoms with Crippen molar-refractivity contribution in [2.45, 2.75) is 64.6 Å². The van der Waals surface area contributed by atoms with Gasteiger partial charge >= 0.3 is 0 Å². The number of aryl methyl sites for hydroxylation is 1.